The van der Waals surface area contributed by atoms with Gasteiger partial charge in [0.25, 0.3) is 0 Å². The number of ether oxygens (including phenoxy) is 1. The third-order valence-electron chi connectivity index (χ3n) is 4.02. The molecule has 0 aliphatic carbocycles. The number of aromatic nitrogens is 3. The summed E-state index contributed by atoms with van der Waals surface area (Å²) in [6.07, 6.45) is 0. The Morgan fingerprint density at radius 2 is 2.00 bits per heavy atom. The summed E-state index contributed by atoms with van der Waals surface area (Å²) in [5.74, 6) is 1.12. The number of anilines is 1. The van der Waals surface area contributed by atoms with Crippen molar-refractivity contribution in [2.75, 3.05) is 11.1 Å². The molecular formula is C20H21FN4O2S. The zero-order valence-corrected chi connectivity index (χ0v) is 16.5. The highest BCUT2D eigenvalue weighted by Gasteiger charge is 2.14. The van der Waals surface area contributed by atoms with Crippen molar-refractivity contribution in [1.29, 1.82) is 0 Å². The van der Waals surface area contributed by atoms with Gasteiger partial charge in [-0.25, -0.2) is 4.39 Å². The smallest absolute Gasteiger partial charge is 0.234 e. The Morgan fingerprint density at radius 3 is 2.71 bits per heavy atom. The van der Waals surface area contributed by atoms with Crippen molar-refractivity contribution in [3.63, 3.8) is 0 Å². The van der Waals surface area contributed by atoms with Gasteiger partial charge in [-0.1, -0.05) is 30.0 Å². The maximum atomic E-state index is 13.2. The molecule has 1 aromatic heterocycles. The maximum absolute atomic E-state index is 13.2. The lowest BCUT2D eigenvalue weighted by Crippen LogP contribution is -2.15. The summed E-state index contributed by atoms with van der Waals surface area (Å²) in [5, 5.41) is 11.8. The number of nitrogens with zero attached hydrogens (tertiary/aromatic N) is 3. The summed E-state index contributed by atoms with van der Waals surface area (Å²) in [6.45, 7) is 4.70. The molecule has 2 aromatic carbocycles. The second-order valence-electron chi connectivity index (χ2n) is 6.04. The highest BCUT2D eigenvalue weighted by molar-refractivity contribution is 7.99. The number of para-hydroxylation sites is 1. The Morgan fingerprint density at radius 1 is 1.21 bits per heavy atom. The largest absolute Gasteiger partial charge is 0.486 e. The van der Waals surface area contributed by atoms with E-state index in [9.17, 15) is 9.18 Å². The van der Waals surface area contributed by atoms with Crippen LogP contribution in [0.2, 0.25) is 0 Å². The van der Waals surface area contributed by atoms with Crippen molar-refractivity contribution >= 4 is 23.4 Å². The van der Waals surface area contributed by atoms with Crippen LogP contribution in [0.5, 0.6) is 5.75 Å². The molecule has 28 heavy (non-hydrogen) atoms. The van der Waals surface area contributed by atoms with E-state index < -0.39 is 0 Å². The fraction of sp³-hybridized carbons (Fsp3) is 0.250. The van der Waals surface area contributed by atoms with E-state index in [0.29, 0.717) is 35.4 Å². The Kier molecular flexibility index (Phi) is 6.65. The van der Waals surface area contributed by atoms with Gasteiger partial charge in [0.15, 0.2) is 11.0 Å². The second-order valence-corrected chi connectivity index (χ2v) is 6.98. The zero-order valence-electron chi connectivity index (χ0n) is 15.7. The van der Waals surface area contributed by atoms with E-state index in [1.54, 1.807) is 13.0 Å². The van der Waals surface area contributed by atoms with Gasteiger partial charge in [0.1, 0.15) is 18.2 Å². The number of hydrogen-bond donors (Lipinski definition) is 1. The number of carbonyl (C=O) groups is 1. The van der Waals surface area contributed by atoms with E-state index in [1.165, 1.54) is 23.9 Å². The Labute approximate surface area is 167 Å². The summed E-state index contributed by atoms with van der Waals surface area (Å²) in [5.41, 5.74) is 1.27. The first-order valence-corrected chi connectivity index (χ1v) is 9.84. The van der Waals surface area contributed by atoms with E-state index in [2.05, 4.69) is 15.5 Å². The molecular weight excluding hydrogens is 379 g/mol. The van der Waals surface area contributed by atoms with Crippen LogP contribution in [0, 0.1) is 12.7 Å². The Balaban J connectivity index is 1.58. The Bertz CT molecular complexity index is 947. The summed E-state index contributed by atoms with van der Waals surface area (Å²) in [4.78, 5) is 12.2. The van der Waals surface area contributed by atoms with Gasteiger partial charge in [-0.2, -0.15) is 0 Å². The number of nitrogens with one attached hydrogen (secondary N) is 1. The van der Waals surface area contributed by atoms with Crippen molar-refractivity contribution in [2.45, 2.75) is 32.2 Å². The van der Waals surface area contributed by atoms with E-state index in [4.69, 9.17) is 4.74 Å². The van der Waals surface area contributed by atoms with E-state index in [0.717, 1.165) is 5.75 Å². The molecule has 1 N–H and O–H groups in total. The van der Waals surface area contributed by atoms with Gasteiger partial charge < -0.3 is 14.6 Å². The number of amides is 1. The molecule has 0 aliphatic rings. The van der Waals surface area contributed by atoms with Crippen LogP contribution in [-0.2, 0) is 17.9 Å². The molecule has 0 radical (unpaired) electrons. The van der Waals surface area contributed by atoms with Crippen LogP contribution < -0.4 is 10.1 Å². The first kappa shape index (κ1) is 19.9. The third kappa shape index (κ3) is 5.10. The molecule has 3 aromatic rings. The van der Waals surface area contributed by atoms with Gasteiger partial charge in [-0.3, -0.25) is 4.79 Å². The average Bonchev–Trinajstić information content (AvgIpc) is 3.09. The standard InChI is InChI=1S/C20H21FN4O2S/c1-3-25-18(12-27-16-7-5-4-6-8-16)23-24-20(25)28-13-19(26)22-17-10-9-15(21)11-14(17)2/h4-11H,3,12-13H2,1-2H3,(H,22,26). The van der Waals surface area contributed by atoms with Crippen LogP contribution in [0.4, 0.5) is 10.1 Å². The lowest BCUT2D eigenvalue weighted by Gasteiger charge is -2.10. The lowest BCUT2D eigenvalue weighted by atomic mass is 10.2. The molecule has 0 fully saturated rings. The highest BCUT2D eigenvalue weighted by Crippen LogP contribution is 2.20. The number of hydrogen-bond acceptors (Lipinski definition) is 5. The minimum Gasteiger partial charge on any atom is -0.486 e. The van der Waals surface area contributed by atoms with Crippen LogP contribution in [0.25, 0.3) is 0 Å². The number of carbonyl (C=O) groups excluding carboxylic acids is 1. The summed E-state index contributed by atoms with van der Waals surface area (Å²) < 4.78 is 20.8. The SMILES string of the molecule is CCn1c(COc2ccccc2)nnc1SCC(=O)Nc1ccc(F)cc1C. The Hall–Kier alpha value is -2.87. The fourth-order valence-corrected chi connectivity index (χ4v) is 3.42. The summed E-state index contributed by atoms with van der Waals surface area (Å²) in [7, 11) is 0. The van der Waals surface area contributed by atoms with E-state index >= 15 is 0 Å². The topological polar surface area (TPSA) is 69.0 Å². The van der Waals surface area contributed by atoms with Gasteiger partial charge in [-0.05, 0) is 49.7 Å². The van der Waals surface area contributed by atoms with Gasteiger partial charge in [0.2, 0.25) is 5.91 Å². The summed E-state index contributed by atoms with van der Waals surface area (Å²) >= 11 is 1.30. The lowest BCUT2D eigenvalue weighted by molar-refractivity contribution is -0.113. The highest BCUT2D eigenvalue weighted by atomic mass is 32.2. The molecule has 0 atom stereocenters. The predicted octanol–water partition coefficient (Wildman–Crippen LogP) is 4.06. The van der Waals surface area contributed by atoms with Gasteiger partial charge in [0, 0.05) is 12.2 Å². The molecule has 0 unspecified atom stereocenters. The molecule has 146 valence electrons. The van der Waals surface area contributed by atoms with Crippen LogP contribution >= 0.6 is 11.8 Å². The fourth-order valence-electron chi connectivity index (χ4n) is 2.60. The zero-order chi connectivity index (χ0) is 19.9. The van der Waals surface area contributed by atoms with Crippen LogP contribution in [-0.4, -0.2) is 26.4 Å². The van der Waals surface area contributed by atoms with Gasteiger partial charge in [0.05, 0.1) is 5.75 Å². The molecule has 0 aliphatic heterocycles. The molecule has 0 saturated carbocycles. The third-order valence-corrected chi connectivity index (χ3v) is 4.98. The van der Waals surface area contributed by atoms with Crippen LogP contribution in [0.15, 0.2) is 53.7 Å². The van der Waals surface area contributed by atoms with Crippen LogP contribution in [0.3, 0.4) is 0 Å². The van der Waals surface area contributed by atoms with Crippen molar-refractivity contribution in [1.82, 2.24) is 14.8 Å². The van der Waals surface area contributed by atoms with E-state index in [-0.39, 0.29) is 17.5 Å². The first-order valence-electron chi connectivity index (χ1n) is 8.85. The quantitative estimate of drug-likeness (QED) is 0.578. The van der Waals surface area contributed by atoms with Gasteiger partial charge in [-0.15, -0.1) is 10.2 Å². The molecule has 8 heteroatoms. The predicted molar refractivity (Wildman–Crippen MR) is 107 cm³/mol. The molecule has 6 nitrogen and oxygen atoms in total. The normalized spacial score (nSPS) is 10.7. The van der Waals surface area contributed by atoms with Crippen molar-refractivity contribution < 1.29 is 13.9 Å². The molecule has 1 amide bonds. The maximum Gasteiger partial charge on any atom is 0.234 e. The number of thioether (sulfide) groups is 1. The number of aryl methyl sites for hydroxylation is 1. The van der Waals surface area contributed by atoms with E-state index in [1.807, 2.05) is 41.8 Å². The molecule has 1 heterocycles. The van der Waals surface area contributed by atoms with Crippen molar-refractivity contribution in [3.05, 3.63) is 65.7 Å². The van der Waals surface area contributed by atoms with Gasteiger partial charge >= 0.3 is 0 Å². The summed E-state index contributed by atoms with van der Waals surface area (Å²) in [6, 6.07) is 13.8. The molecule has 0 bridgehead atoms. The molecule has 0 spiro atoms. The van der Waals surface area contributed by atoms with Crippen LogP contribution in [0.1, 0.15) is 18.3 Å². The number of benzene rings is 2. The van der Waals surface area contributed by atoms with Crippen molar-refractivity contribution in [2.24, 2.45) is 0 Å². The minimum atomic E-state index is -0.328. The van der Waals surface area contributed by atoms with Crippen molar-refractivity contribution in [3.8, 4) is 5.75 Å². The molecule has 3 rings (SSSR count). The first-order chi connectivity index (χ1) is 13.6. The second kappa shape index (κ2) is 9.36. The molecule has 0 saturated heterocycles. The number of rotatable bonds is 8. The number of halogens is 1. The minimum absolute atomic E-state index is 0.175. The monoisotopic (exact) mass is 400 g/mol. The average molecular weight is 400 g/mol.